The van der Waals surface area contributed by atoms with Crippen LogP contribution < -0.4 is 11.1 Å². The van der Waals surface area contributed by atoms with Crippen molar-refractivity contribution in [3.8, 4) is 5.69 Å². The molecular formula is C19H16Cl2N4O. The van der Waals surface area contributed by atoms with Crippen LogP contribution in [0.2, 0.25) is 10.0 Å². The van der Waals surface area contributed by atoms with E-state index in [0.717, 1.165) is 22.5 Å². The summed E-state index contributed by atoms with van der Waals surface area (Å²) in [6, 6.07) is 13.2. The summed E-state index contributed by atoms with van der Waals surface area (Å²) in [5.41, 5.74) is 9.33. The Morgan fingerprint density at radius 3 is 2.73 bits per heavy atom. The second-order valence-corrected chi connectivity index (χ2v) is 7.04. The molecule has 1 aromatic heterocycles. The van der Waals surface area contributed by atoms with Gasteiger partial charge in [-0.2, -0.15) is 0 Å². The van der Waals surface area contributed by atoms with Gasteiger partial charge in [-0.05, 0) is 42.3 Å². The Morgan fingerprint density at radius 1 is 1.23 bits per heavy atom. The highest BCUT2D eigenvalue weighted by Gasteiger charge is 2.29. The summed E-state index contributed by atoms with van der Waals surface area (Å²) < 4.78 is 1.95. The normalized spacial score (nSPS) is 15.9. The Hall–Kier alpha value is -2.34. The van der Waals surface area contributed by atoms with Crippen molar-refractivity contribution in [2.24, 2.45) is 5.73 Å². The first-order chi connectivity index (χ1) is 12.5. The van der Waals surface area contributed by atoms with Crippen LogP contribution in [0, 0.1) is 6.92 Å². The number of hydrogen-bond donors (Lipinski definition) is 2. The van der Waals surface area contributed by atoms with Crippen LogP contribution in [0.4, 0.5) is 0 Å². The minimum absolute atomic E-state index is 0.183. The highest BCUT2D eigenvalue weighted by molar-refractivity contribution is 6.31. The van der Waals surface area contributed by atoms with Crippen molar-refractivity contribution in [3.05, 3.63) is 80.8 Å². The third kappa shape index (κ3) is 2.69. The first-order valence-electron chi connectivity index (χ1n) is 8.13. The summed E-state index contributed by atoms with van der Waals surface area (Å²) in [5.74, 6) is 0.148. The van der Waals surface area contributed by atoms with E-state index >= 15 is 0 Å². The lowest BCUT2D eigenvalue weighted by Gasteiger charge is -2.21. The number of rotatable bonds is 2. The SMILES string of the molecule is Cc1nc(C(N)=O)c2n1-c1ccc(Cl)cc1C(c1ccccc1Cl)NC2. The lowest BCUT2D eigenvalue weighted by Crippen LogP contribution is -2.23. The van der Waals surface area contributed by atoms with E-state index in [1.165, 1.54) is 0 Å². The van der Waals surface area contributed by atoms with Crippen molar-refractivity contribution < 1.29 is 4.79 Å². The van der Waals surface area contributed by atoms with Gasteiger partial charge in [-0.3, -0.25) is 9.36 Å². The number of carbonyl (C=O) groups is 1. The highest BCUT2D eigenvalue weighted by atomic mass is 35.5. The average Bonchev–Trinajstić information content (AvgIpc) is 2.84. The quantitative estimate of drug-likeness (QED) is 0.703. The molecule has 2 aromatic carbocycles. The molecule has 1 aliphatic rings. The molecule has 1 atom stereocenters. The molecule has 1 amide bonds. The summed E-state index contributed by atoms with van der Waals surface area (Å²) in [7, 11) is 0. The van der Waals surface area contributed by atoms with Crippen LogP contribution in [0.1, 0.15) is 39.2 Å². The van der Waals surface area contributed by atoms with Gasteiger partial charge in [-0.25, -0.2) is 4.98 Å². The van der Waals surface area contributed by atoms with E-state index < -0.39 is 5.91 Å². The molecule has 5 nitrogen and oxygen atoms in total. The Balaban J connectivity index is 1.99. The molecular weight excluding hydrogens is 371 g/mol. The molecule has 0 radical (unpaired) electrons. The molecule has 3 N–H and O–H groups in total. The maximum absolute atomic E-state index is 11.8. The van der Waals surface area contributed by atoms with Crippen molar-refractivity contribution >= 4 is 29.1 Å². The molecule has 2 heterocycles. The van der Waals surface area contributed by atoms with Crippen LogP contribution in [0.5, 0.6) is 0 Å². The van der Waals surface area contributed by atoms with E-state index in [1.54, 1.807) is 0 Å². The fourth-order valence-electron chi connectivity index (χ4n) is 3.51. The number of amides is 1. The van der Waals surface area contributed by atoms with E-state index in [4.69, 9.17) is 28.9 Å². The van der Waals surface area contributed by atoms with E-state index in [0.29, 0.717) is 22.4 Å². The van der Waals surface area contributed by atoms with Crippen molar-refractivity contribution in [1.29, 1.82) is 0 Å². The fourth-order valence-corrected chi connectivity index (χ4v) is 3.94. The van der Waals surface area contributed by atoms with Crippen LogP contribution in [0.3, 0.4) is 0 Å². The number of carbonyl (C=O) groups excluding carboxylic acids is 1. The lowest BCUT2D eigenvalue weighted by atomic mass is 9.97. The number of hydrogen-bond acceptors (Lipinski definition) is 3. The molecule has 132 valence electrons. The number of aryl methyl sites for hydroxylation is 1. The van der Waals surface area contributed by atoms with Gasteiger partial charge in [0.1, 0.15) is 5.82 Å². The molecule has 3 aromatic rings. The number of fused-ring (bicyclic) bond motifs is 3. The average molecular weight is 387 g/mol. The highest BCUT2D eigenvalue weighted by Crippen LogP contribution is 2.37. The van der Waals surface area contributed by atoms with Crippen LogP contribution in [-0.4, -0.2) is 15.5 Å². The van der Waals surface area contributed by atoms with Gasteiger partial charge in [0.05, 0.1) is 17.4 Å². The minimum atomic E-state index is -0.546. The zero-order valence-corrected chi connectivity index (χ0v) is 15.5. The molecule has 0 spiro atoms. The second kappa shape index (κ2) is 6.43. The predicted molar refractivity (Wildman–Crippen MR) is 102 cm³/mol. The summed E-state index contributed by atoms with van der Waals surface area (Å²) in [5, 5.41) is 4.76. The van der Waals surface area contributed by atoms with Gasteiger partial charge in [-0.1, -0.05) is 41.4 Å². The topological polar surface area (TPSA) is 72.9 Å². The van der Waals surface area contributed by atoms with E-state index in [9.17, 15) is 4.79 Å². The van der Waals surface area contributed by atoms with Gasteiger partial charge in [0.15, 0.2) is 5.69 Å². The van der Waals surface area contributed by atoms with Crippen molar-refractivity contribution in [2.45, 2.75) is 19.5 Å². The number of nitrogens with zero attached hydrogens (tertiary/aromatic N) is 2. The first kappa shape index (κ1) is 17.1. The van der Waals surface area contributed by atoms with Crippen LogP contribution in [0.25, 0.3) is 5.69 Å². The van der Waals surface area contributed by atoms with Gasteiger partial charge in [0.25, 0.3) is 5.91 Å². The van der Waals surface area contributed by atoms with Gasteiger partial charge in [0.2, 0.25) is 0 Å². The number of aromatic nitrogens is 2. The number of halogens is 2. The number of primary amides is 1. The van der Waals surface area contributed by atoms with E-state index in [-0.39, 0.29) is 11.7 Å². The Morgan fingerprint density at radius 2 is 2.00 bits per heavy atom. The Bertz CT molecular complexity index is 1030. The second-order valence-electron chi connectivity index (χ2n) is 6.19. The number of nitrogens with one attached hydrogen (secondary N) is 1. The van der Waals surface area contributed by atoms with Gasteiger partial charge >= 0.3 is 0 Å². The fraction of sp³-hybridized carbons (Fsp3) is 0.158. The number of nitrogens with two attached hydrogens (primary N) is 1. The van der Waals surface area contributed by atoms with Crippen LogP contribution >= 0.6 is 23.2 Å². The van der Waals surface area contributed by atoms with Crippen molar-refractivity contribution in [1.82, 2.24) is 14.9 Å². The zero-order chi connectivity index (χ0) is 18.4. The number of benzene rings is 2. The molecule has 7 heteroatoms. The minimum Gasteiger partial charge on any atom is -0.364 e. The monoisotopic (exact) mass is 386 g/mol. The lowest BCUT2D eigenvalue weighted by molar-refractivity contribution is 0.0994. The van der Waals surface area contributed by atoms with Crippen molar-refractivity contribution in [2.75, 3.05) is 0 Å². The molecule has 0 aliphatic carbocycles. The molecule has 1 unspecified atom stereocenters. The molecule has 26 heavy (non-hydrogen) atoms. The van der Waals surface area contributed by atoms with Gasteiger partial charge < -0.3 is 11.1 Å². The van der Waals surface area contributed by atoms with Crippen molar-refractivity contribution in [3.63, 3.8) is 0 Å². The zero-order valence-electron chi connectivity index (χ0n) is 14.0. The maximum atomic E-state index is 11.8. The molecule has 0 bridgehead atoms. The standard InChI is InChI=1S/C19H16Cl2N4O/c1-10-24-18(19(22)26)16-9-23-17(12-4-2-3-5-14(12)21)13-8-11(20)6-7-15(13)25(10)16/h2-8,17,23H,9H2,1H3,(H2,22,26). The molecule has 1 aliphatic heterocycles. The van der Waals surface area contributed by atoms with Crippen LogP contribution in [0.15, 0.2) is 42.5 Å². The predicted octanol–water partition coefficient (Wildman–Crippen LogP) is 3.78. The summed E-state index contributed by atoms with van der Waals surface area (Å²) in [6.45, 7) is 2.27. The molecule has 4 rings (SSSR count). The van der Waals surface area contributed by atoms with E-state index in [2.05, 4.69) is 10.3 Å². The Kier molecular flexibility index (Phi) is 4.23. The largest absolute Gasteiger partial charge is 0.364 e. The third-order valence-electron chi connectivity index (χ3n) is 4.61. The third-order valence-corrected chi connectivity index (χ3v) is 5.18. The molecule has 0 fully saturated rings. The van der Waals surface area contributed by atoms with E-state index in [1.807, 2.05) is 54.0 Å². The smallest absolute Gasteiger partial charge is 0.269 e. The molecule has 0 saturated carbocycles. The van der Waals surface area contributed by atoms with Crippen LogP contribution in [-0.2, 0) is 6.54 Å². The molecule has 0 saturated heterocycles. The summed E-state index contributed by atoms with van der Waals surface area (Å²) in [4.78, 5) is 16.2. The maximum Gasteiger partial charge on any atom is 0.269 e. The first-order valence-corrected chi connectivity index (χ1v) is 8.88. The van der Waals surface area contributed by atoms with Gasteiger partial charge in [-0.15, -0.1) is 0 Å². The summed E-state index contributed by atoms with van der Waals surface area (Å²) in [6.07, 6.45) is 0. The Labute approximate surface area is 160 Å². The number of imidazole rings is 1. The summed E-state index contributed by atoms with van der Waals surface area (Å²) >= 11 is 12.7. The van der Waals surface area contributed by atoms with Gasteiger partial charge in [0, 0.05) is 16.6 Å².